The van der Waals surface area contributed by atoms with E-state index >= 15 is 0 Å². The van der Waals surface area contributed by atoms with E-state index < -0.39 is 0 Å². The molecule has 0 aliphatic heterocycles. The zero-order valence-corrected chi connectivity index (χ0v) is 13.6. The number of hydrogen-bond acceptors (Lipinski definition) is 3. The molecule has 0 fully saturated rings. The van der Waals surface area contributed by atoms with Gasteiger partial charge < -0.3 is 14.8 Å². The minimum absolute atomic E-state index is 0.614. The van der Waals surface area contributed by atoms with Gasteiger partial charge in [0.25, 0.3) is 0 Å². The van der Waals surface area contributed by atoms with Gasteiger partial charge in [-0.05, 0) is 51.8 Å². The van der Waals surface area contributed by atoms with E-state index in [-0.39, 0.29) is 0 Å². The molecule has 3 nitrogen and oxygen atoms in total. The molecule has 0 saturated carbocycles. The average Bonchev–Trinajstić information content (AvgIpc) is 2.45. The van der Waals surface area contributed by atoms with Crippen molar-refractivity contribution >= 4 is 33.2 Å². The van der Waals surface area contributed by atoms with Crippen molar-refractivity contribution in [3.63, 3.8) is 0 Å². The van der Waals surface area contributed by atoms with Crippen LogP contribution in [0.5, 0.6) is 11.5 Å². The number of rotatable bonds is 5. The molecule has 0 atom stereocenters. The Morgan fingerprint density at radius 1 is 1.05 bits per heavy atom. The summed E-state index contributed by atoms with van der Waals surface area (Å²) in [6.07, 6.45) is 0. The third-order valence-electron chi connectivity index (χ3n) is 2.86. The van der Waals surface area contributed by atoms with Crippen LogP contribution < -0.4 is 14.8 Å². The highest BCUT2D eigenvalue weighted by Gasteiger charge is 2.03. The summed E-state index contributed by atoms with van der Waals surface area (Å²) in [5.74, 6) is 1.49. The molecule has 0 aromatic heterocycles. The Kier molecular flexibility index (Phi) is 5.15. The Morgan fingerprint density at radius 3 is 2.35 bits per heavy atom. The Labute approximate surface area is 132 Å². The number of anilines is 1. The van der Waals surface area contributed by atoms with Gasteiger partial charge in [-0.15, -0.1) is 0 Å². The summed E-state index contributed by atoms with van der Waals surface area (Å²) in [6, 6.07) is 11.6. The van der Waals surface area contributed by atoms with Gasteiger partial charge in [-0.2, -0.15) is 0 Å². The quantitative estimate of drug-likeness (QED) is 0.840. The van der Waals surface area contributed by atoms with Crippen molar-refractivity contribution in [2.45, 2.75) is 6.54 Å². The highest BCUT2D eigenvalue weighted by Crippen LogP contribution is 2.28. The molecule has 0 heterocycles. The third-order valence-corrected chi connectivity index (χ3v) is 3.78. The predicted molar refractivity (Wildman–Crippen MR) is 86.0 cm³/mol. The smallest absolute Gasteiger partial charge is 0.137 e. The molecular formula is C15H15BrClNO2. The van der Waals surface area contributed by atoms with Crippen LogP contribution in [0.15, 0.2) is 40.9 Å². The van der Waals surface area contributed by atoms with Gasteiger partial charge in [0.15, 0.2) is 0 Å². The molecule has 20 heavy (non-hydrogen) atoms. The van der Waals surface area contributed by atoms with E-state index in [9.17, 15) is 0 Å². The van der Waals surface area contributed by atoms with E-state index in [1.54, 1.807) is 14.2 Å². The van der Waals surface area contributed by atoms with E-state index in [0.717, 1.165) is 21.5 Å². The van der Waals surface area contributed by atoms with Gasteiger partial charge in [-0.25, -0.2) is 0 Å². The summed E-state index contributed by atoms with van der Waals surface area (Å²) in [4.78, 5) is 0. The maximum Gasteiger partial charge on any atom is 0.137 e. The van der Waals surface area contributed by atoms with Crippen LogP contribution in [0.4, 0.5) is 5.69 Å². The fraction of sp³-hybridized carbons (Fsp3) is 0.200. The van der Waals surface area contributed by atoms with E-state index in [1.165, 1.54) is 0 Å². The molecule has 0 aliphatic carbocycles. The lowest BCUT2D eigenvalue weighted by molar-refractivity contribution is 0.412. The lowest BCUT2D eigenvalue weighted by Crippen LogP contribution is -2.00. The molecule has 0 radical (unpaired) electrons. The van der Waals surface area contributed by atoms with Gasteiger partial charge in [0, 0.05) is 12.2 Å². The average molecular weight is 357 g/mol. The molecule has 0 unspecified atom stereocenters. The standard InChI is InChI=1S/C15H15BrClNO2/c1-19-14-6-4-11(8-12(14)16)18-9-10-3-5-15(20-2)13(17)7-10/h3-8,18H,9H2,1-2H3. The van der Waals surface area contributed by atoms with Gasteiger partial charge in [-0.3, -0.25) is 0 Å². The second-order valence-corrected chi connectivity index (χ2v) is 5.43. The van der Waals surface area contributed by atoms with Crippen LogP contribution in [0.1, 0.15) is 5.56 Å². The summed E-state index contributed by atoms with van der Waals surface area (Å²) in [6.45, 7) is 0.683. The first kappa shape index (κ1) is 15.0. The second-order valence-electron chi connectivity index (χ2n) is 4.17. The first-order chi connectivity index (χ1) is 9.63. The normalized spacial score (nSPS) is 10.2. The molecule has 5 heteroatoms. The van der Waals surface area contributed by atoms with Gasteiger partial charge in [0.05, 0.1) is 23.7 Å². The summed E-state index contributed by atoms with van der Waals surface area (Å²) in [7, 11) is 3.25. The Hall–Kier alpha value is -1.39. The van der Waals surface area contributed by atoms with Crippen molar-refractivity contribution in [1.29, 1.82) is 0 Å². The van der Waals surface area contributed by atoms with Crippen LogP contribution in [-0.2, 0) is 6.54 Å². The van der Waals surface area contributed by atoms with Crippen LogP contribution in [0.2, 0.25) is 5.02 Å². The Balaban J connectivity index is 2.05. The Bertz CT molecular complexity index is 551. The fourth-order valence-corrected chi connectivity index (χ4v) is 2.62. The number of nitrogens with one attached hydrogen (secondary N) is 1. The van der Waals surface area contributed by atoms with Crippen LogP contribution in [0.3, 0.4) is 0 Å². The van der Waals surface area contributed by atoms with Gasteiger partial charge >= 0.3 is 0 Å². The zero-order chi connectivity index (χ0) is 14.5. The van der Waals surface area contributed by atoms with Gasteiger partial charge in [0.2, 0.25) is 0 Å². The van der Waals surface area contributed by atoms with E-state index in [4.69, 9.17) is 21.1 Å². The minimum Gasteiger partial charge on any atom is -0.496 e. The number of benzene rings is 2. The SMILES string of the molecule is COc1ccc(CNc2ccc(OC)c(Br)c2)cc1Cl. The van der Waals surface area contributed by atoms with Crippen molar-refractivity contribution in [2.75, 3.05) is 19.5 Å². The molecule has 0 saturated heterocycles. The van der Waals surface area contributed by atoms with E-state index in [1.807, 2.05) is 36.4 Å². The van der Waals surface area contributed by atoms with Gasteiger partial charge in [-0.1, -0.05) is 17.7 Å². The summed E-state index contributed by atoms with van der Waals surface area (Å²) >= 11 is 9.56. The molecule has 0 amide bonds. The predicted octanol–water partition coefficient (Wildman–Crippen LogP) is 4.73. The molecule has 2 aromatic rings. The third kappa shape index (κ3) is 3.58. The van der Waals surface area contributed by atoms with Crippen LogP contribution in [0.25, 0.3) is 0 Å². The maximum atomic E-state index is 6.10. The fourth-order valence-electron chi connectivity index (χ4n) is 1.80. The van der Waals surface area contributed by atoms with Crippen molar-refractivity contribution in [3.05, 3.63) is 51.5 Å². The topological polar surface area (TPSA) is 30.5 Å². The second kappa shape index (κ2) is 6.86. The molecular weight excluding hydrogens is 342 g/mol. The van der Waals surface area contributed by atoms with E-state index in [0.29, 0.717) is 17.3 Å². The highest BCUT2D eigenvalue weighted by atomic mass is 79.9. The van der Waals surface area contributed by atoms with Crippen LogP contribution in [0, 0.1) is 0 Å². The van der Waals surface area contributed by atoms with Crippen molar-refractivity contribution in [3.8, 4) is 11.5 Å². The highest BCUT2D eigenvalue weighted by molar-refractivity contribution is 9.10. The molecule has 106 valence electrons. The summed E-state index contributed by atoms with van der Waals surface area (Å²) in [5.41, 5.74) is 2.09. The Morgan fingerprint density at radius 2 is 1.75 bits per heavy atom. The molecule has 0 spiro atoms. The van der Waals surface area contributed by atoms with Crippen molar-refractivity contribution in [2.24, 2.45) is 0 Å². The minimum atomic E-state index is 0.614. The van der Waals surface area contributed by atoms with Crippen LogP contribution >= 0.6 is 27.5 Å². The maximum absolute atomic E-state index is 6.10. The van der Waals surface area contributed by atoms with E-state index in [2.05, 4.69) is 21.2 Å². The molecule has 0 aliphatic rings. The molecule has 1 N–H and O–H groups in total. The van der Waals surface area contributed by atoms with Gasteiger partial charge in [0.1, 0.15) is 11.5 Å². The number of methoxy groups -OCH3 is 2. The molecule has 2 rings (SSSR count). The summed E-state index contributed by atoms with van der Waals surface area (Å²) in [5, 5.41) is 3.95. The number of ether oxygens (including phenoxy) is 2. The molecule has 0 bridgehead atoms. The monoisotopic (exact) mass is 355 g/mol. The number of halogens is 2. The lowest BCUT2D eigenvalue weighted by Gasteiger charge is -2.10. The first-order valence-corrected chi connectivity index (χ1v) is 7.21. The first-order valence-electron chi connectivity index (χ1n) is 6.04. The lowest BCUT2D eigenvalue weighted by atomic mass is 10.2. The number of hydrogen-bond donors (Lipinski definition) is 1. The largest absolute Gasteiger partial charge is 0.496 e. The van der Waals surface area contributed by atoms with Crippen molar-refractivity contribution in [1.82, 2.24) is 0 Å². The summed E-state index contributed by atoms with van der Waals surface area (Å²) < 4.78 is 11.2. The zero-order valence-electron chi connectivity index (χ0n) is 11.2. The van der Waals surface area contributed by atoms with Crippen LogP contribution in [-0.4, -0.2) is 14.2 Å². The van der Waals surface area contributed by atoms with Crippen molar-refractivity contribution < 1.29 is 9.47 Å². The molecule has 2 aromatic carbocycles.